The van der Waals surface area contributed by atoms with Gasteiger partial charge in [0, 0.05) is 112 Å². The maximum Gasteiger partial charge on any atom is 0.209 e. The second-order valence-electron chi connectivity index (χ2n) is 9.39. The minimum absolute atomic E-state index is 0. The SMILES string of the molecule is CN(C)C=O.CN(C)C=O.[O-2].[O-2].[O-2].[O-2].[O-]CC(CO)(CO)N=Cc1cc(Br)ccc1[O-].[O-]CC(CO)(CO)N=Cc1cc(Br)ccc1[O-].[U].[U]. The Bertz CT molecular complexity index is 1070. The Hall–Kier alpha value is -1.02. The average Bonchev–Trinajstić information content (AvgIpc) is 3.03. The first-order valence-corrected chi connectivity index (χ1v) is 14.1. The van der Waals surface area contributed by atoms with Gasteiger partial charge in [-0.25, -0.2) is 0 Å². The van der Waals surface area contributed by atoms with Crippen LogP contribution < -0.4 is 20.4 Å². The van der Waals surface area contributed by atoms with Gasteiger partial charge in [-0.05, 0) is 35.4 Å². The van der Waals surface area contributed by atoms with E-state index in [1.807, 2.05) is 0 Å². The minimum Gasteiger partial charge on any atom is -2.00 e. The number of aliphatic hydroxyl groups excluding tert-OH is 4. The number of hydrogen-bond donors (Lipinski definition) is 4. The molecule has 22 heteroatoms. The van der Waals surface area contributed by atoms with Crippen LogP contribution in [0, 0.1) is 62.2 Å². The molecule has 0 spiro atoms. The Morgan fingerprint density at radius 2 is 0.880 bits per heavy atom. The topological polar surface area (TPSA) is 353 Å². The van der Waals surface area contributed by atoms with Crippen molar-refractivity contribution in [2.24, 2.45) is 9.98 Å². The molecule has 0 saturated heterocycles. The van der Waals surface area contributed by atoms with Crippen LogP contribution in [0.3, 0.4) is 0 Å². The molecule has 0 radical (unpaired) electrons. The number of benzene rings is 2. The first kappa shape index (κ1) is 67.1. The predicted molar refractivity (Wildman–Crippen MR) is 168 cm³/mol. The van der Waals surface area contributed by atoms with E-state index in [1.54, 1.807) is 52.5 Å². The van der Waals surface area contributed by atoms with Gasteiger partial charge >= 0.3 is 0 Å². The zero-order valence-corrected chi connectivity index (χ0v) is 38.9. The van der Waals surface area contributed by atoms with Crippen molar-refractivity contribution in [1.82, 2.24) is 9.80 Å². The molecule has 0 unspecified atom stereocenters. The molecular formula is C28H38Br2N4O14U2-12. The van der Waals surface area contributed by atoms with Crippen molar-refractivity contribution in [3.8, 4) is 11.5 Å². The number of carbonyl (C=O) groups excluding carboxylic acids is 2. The molecule has 0 aliphatic rings. The Morgan fingerprint density at radius 1 is 0.640 bits per heavy atom. The first-order chi connectivity index (χ1) is 20.7. The number of carbonyl (C=O) groups is 2. The molecule has 0 aliphatic carbocycles. The Morgan fingerprint density at radius 3 is 1.06 bits per heavy atom. The number of rotatable bonds is 12. The van der Waals surface area contributed by atoms with Gasteiger partial charge in [-0.2, -0.15) is 0 Å². The normalized spacial score (nSPS) is 9.68. The summed E-state index contributed by atoms with van der Waals surface area (Å²) in [7, 11) is 6.75. The summed E-state index contributed by atoms with van der Waals surface area (Å²) in [6.07, 6.45) is 3.91. The second-order valence-corrected chi connectivity index (χ2v) is 11.2. The fraction of sp³-hybridized carbons (Fsp3) is 0.429. The molecule has 0 aliphatic heterocycles. The van der Waals surface area contributed by atoms with E-state index in [0.717, 1.165) is 12.8 Å². The van der Waals surface area contributed by atoms with Crippen molar-refractivity contribution < 1.29 is 135 Å². The standard InChI is InChI=1S/2C11H13BrNO4.2C3H7NO.4O.2U/c2*12-9-1-2-10(17)8(3-9)4-13-11(5-14,6-15)7-16;2*1-4(2)3-5;;;;;;/h2*1-4,14-15,17H,5-7H2;2*3H,1-2H3;;;;;;/q2*-1;;;4*-2;;/p-2. The van der Waals surface area contributed by atoms with Gasteiger partial charge in [0.05, 0.1) is 37.5 Å². The van der Waals surface area contributed by atoms with Gasteiger partial charge < -0.3 is 72.6 Å². The van der Waals surface area contributed by atoms with E-state index in [9.17, 15) is 30.0 Å². The first-order valence-electron chi connectivity index (χ1n) is 12.5. The van der Waals surface area contributed by atoms with Crippen LogP contribution in [0.5, 0.6) is 11.5 Å². The Balaban J connectivity index is -0.0000000846. The number of aliphatic imine (C=N–C) groups is 2. The van der Waals surface area contributed by atoms with E-state index in [2.05, 4.69) is 41.8 Å². The molecule has 0 heterocycles. The largest absolute Gasteiger partial charge is 2.00 e. The third kappa shape index (κ3) is 28.6. The van der Waals surface area contributed by atoms with Crippen molar-refractivity contribution >= 4 is 57.1 Å². The third-order valence-electron chi connectivity index (χ3n) is 5.03. The van der Waals surface area contributed by atoms with Gasteiger partial charge in [0.1, 0.15) is 0 Å². The maximum atomic E-state index is 11.4. The fourth-order valence-corrected chi connectivity index (χ4v) is 2.93. The number of hydrogen-bond acceptors (Lipinski definition) is 12. The molecule has 2 amide bonds. The zero-order chi connectivity index (χ0) is 34.3. The van der Waals surface area contributed by atoms with Crippen molar-refractivity contribution in [3.05, 3.63) is 56.5 Å². The van der Waals surface area contributed by atoms with Gasteiger partial charge in [-0.15, -0.1) is 13.2 Å². The van der Waals surface area contributed by atoms with Crippen LogP contribution in [0.4, 0.5) is 0 Å². The summed E-state index contributed by atoms with van der Waals surface area (Å²) in [6, 6.07) is 9.02. The second kappa shape index (κ2) is 37.7. The van der Waals surface area contributed by atoms with Crippen LogP contribution in [0.2, 0.25) is 0 Å². The molecule has 2 aromatic carbocycles. The van der Waals surface area contributed by atoms with Crippen molar-refractivity contribution in [2.45, 2.75) is 11.1 Å². The molecule has 4 N–H and O–H groups in total. The van der Waals surface area contributed by atoms with Crippen LogP contribution in [0.15, 0.2) is 55.3 Å². The molecule has 0 saturated carbocycles. The summed E-state index contributed by atoms with van der Waals surface area (Å²) in [5, 5.41) is 80.7. The van der Waals surface area contributed by atoms with Gasteiger partial charge in [-0.1, -0.05) is 55.5 Å². The van der Waals surface area contributed by atoms with E-state index in [4.69, 9.17) is 20.4 Å². The summed E-state index contributed by atoms with van der Waals surface area (Å²) in [4.78, 5) is 29.4. The van der Waals surface area contributed by atoms with Crippen molar-refractivity contribution in [2.75, 3.05) is 67.8 Å². The fourth-order valence-electron chi connectivity index (χ4n) is 2.17. The van der Waals surface area contributed by atoms with Gasteiger partial charge in [0.25, 0.3) is 0 Å². The molecule has 0 fully saturated rings. The van der Waals surface area contributed by atoms with Crippen LogP contribution in [-0.2, 0) is 31.5 Å². The van der Waals surface area contributed by atoms with Crippen LogP contribution in [0.1, 0.15) is 11.1 Å². The zero-order valence-electron chi connectivity index (χ0n) is 27.4. The molecular weight excluding hydrogens is 1250 g/mol. The molecule has 288 valence electrons. The average molecular weight is 1290 g/mol. The summed E-state index contributed by atoms with van der Waals surface area (Å²) in [5.74, 6) is -0.486. The smallest absolute Gasteiger partial charge is 0.209 e. The number of halogens is 2. The summed E-state index contributed by atoms with van der Waals surface area (Å²) in [5.41, 5.74) is -2.35. The monoisotopic (exact) mass is 1290 g/mol. The van der Waals surface area contributed by atoms with Gasteiger partial charge in [0.15, 0.2) is 0 Å². The van der Waals surface area contributed by atoms with E-state index in [0.29, 0.717) is 20.1 Å². The van der Waals surface area contributed by atoms with Gasteiger partial charge in [0.2, 0.25) is 12.8 Å². The Labute approximate surface area is 355 Å². The van der Waals surface area contributed by atoms with Crippen molar-refractivity contribution in [3.63, 3.8) is 0 Å². The van der Waals surface area contributed by atoms with E-state index in [-0.39, 0.29) is 95.6 Å². The van der Waals surface area contributed by atoms with Crippen LogP contribution in [-0.4, -0.2) is 134 Å². The quantitative estimate of drug-likeness (QED) is 0.123. The van der Waals surface area contributed by atoms with Crippen LogP contribution in [0.25, 0.3) is 0 Å². The third-order valence-corrected chi connectivity index (χ3v) is 6.02. The van der Waals surface area contributed by atoms with Crippen LogP contribution >= 0.6 is 31.9 Å². The number of amides is 2. The van der Waals surface area contributed by atoms with E-state index >= 15 is 0 Å². The predicted octanol–water partition coefficient (Wildman–Crippen LogP) is -3.02. The number of aliphatic hydroxyl groups is 4. The molecule has 2 rings (SSSR count). The molecule has 0 aromatic heterocycles. The Kier molecular flexibility index (Phi) is 50.7. The van der Waals surface area contributed by atoms with E-state index in [1.165, 1.54) is 34.4 Å². The molecule has 0 bridgehead atoms. The van der Waals surface area contributed by atoms with Crippen molar-refractivity contribution in [1.29, 1.82) is 0 Å². The molecule has 2 aromatic rings. The molecule has 50 heavy (non-hydrogen) atoms. The summed E-state index contributed by atoms with van der Waals surface area (Å²) < 4.78 is 1.42. The number of nitrogens with zero attached hydrogens (tertiary/aromatic N) is 4. The van der Waals surface area contributed by atoms with E-state index < -0.39 is 50.7 Å². The summed E-state index contributed by atoms with van der Waals surface area (Å²) in [6.45, 7) is -3.76. The summed E-state index contributed by atoms with van der Waals surface area (Å²) >= 11 is 6.41. The molecule has 18 nitrogen and oxygen atoms in total. The molecule has 0 atom stereocenters. The maximum absolute atomic E-state index is 11.4. The minimum atomic E-state index is -1.46. The van der Waals surface area contributed by atoms with Gasteiger partial charge in [-0.3, -0.25) is 19.6 Å².